The van der Waals surface area contributed by atoms with Gasteiger partial charge in [0.15, 0.2) is 0 Å². The van der Waals surface area contributed by atoms with Gasteiger partial charge in [0.1, 0.15) is 0 Å². The summed E-state index contributed by atoms with van der Waals surface area (Å²) in [4.78, 5) is 1.28. The zero-order chi connectivity index (χ0) is 13.4. The van der Waals surface area contributed by atoms with Crippen LogP contribution in [0.15, 0.2) is 29.2 Å². The first kappa shape index (κ1) is 15.1. The van der Waals surface area contributed by atoms with Crippen LogP contribution in [-0.4, -0.2) is 12.3 Å². The van der Waals surface area contributed by atoms with Crippen LogP contribution in [0.1, 0.15) is 32.8 Å². The highest BCUT2D eigenvalue weighted by Crippen LogP contribution is 2.25. The van der Waals surface area contributed by atoms with Gasteiger partial charge in [0.25, 0.3) is 0 Å². The van der Waals surface area contributed by atoms with Gasteiger partial charge in [0.2, 0.25) is 0 Å². The molecule has 0 saturated heterocycles. The first-order valence-corrected chi connectivity index (χ1v) is 7.39. The van der Waals surface area contributed by atoms with Gasteiger partial charge in [0, 0.05) is 11.4 Å². The molecule has 18 heavy (non-hydrogen) atoms. The fourth-order valence-corrected chi connectivity index (χ4v) is 2.63. The second kappa shape index (κ2) is 7.45. The Morgan fingerprint density at radius 3 is 2.50 bits per heavy atom. The highest BCUT2D eigenvalue weighted by molar-refractivity contribution is 7.99. The first-order chi connectivity index (χ1) is 8.57. The lowest BCUT2D eigenvalue weighted by Gasteiger charge is -2.14. The third kappa shape index (κ3) is 5.57. The third-order valence-electron chi connectivity index (χ3n) is 2.80. The average molecular weight is 262 g/mol. The van der Waals surface area contributed by atoms with Crippen molar-refractivity contribution in [1.82, 2.24) is 5.32 Å². The van der Waals surface area contributed by atoms with Gasteiger partial charge in [-0.2, -0.15) is 5.26 Å². The van der Waals surface area contributed by atoms with Crippen LogP contribution in [0.3, 0.4) is 0 Å². The van der Waals surface area contributed by atoms with E-state index >= 15 is 0 Å². The van der Waals surface area contributed by atoms with Crippen molar-refractivity contribution in [3.63, 3.8) is 0 Å². The number of benzene rings is 1. The highest BCUT2D eigenvalue weighted by Gasteiger charge is 2.15. The molecule has 0 unspecified atom stereocenters. The molecule has 0 aliphatic carbocycles. The molecule has 0 radical (unpaired) electrons. The van der Waals surface area contributed by atoms with Crippen LogP contribution >= 0.6 is 11.8 Å². The summed E-state index contributed by atoms with van der Waals surface area (Å²) in [5.74, 6) is 0.993. The molecule has 0 spiro atoms. The van der Waals surface area contributed by atoms with Crippen molar-refractivity contribution in [2.75, 3.05) is 12.3 Å². The summed E-state index contributed by atoms with van der Waals surface area (Å²) >= 11 is 1.82. The Morgan fingerprint density at radius 2 is 1.94 bits per heavy atom. The molecule has 1 aromatic carbocycles. The molecule has 1 N–H and O–H groups in total. The van der Waals surface area contributed by atoms with Crippen molar-refractivity contribution in [1.29, 1.82) is 5.26 Å². The number of nitriles is 1. The van der Waals surface area contributed by atoms with E-state index in [1.165, 1.54) is 10.5 Å². The van der Waals surface area contributed by atoms with E-state index in [1.807, 2.05) is 25.6 Å². The Balaban J connectivity index is 2.38. The van der Waals surface area contributed by atoms with E-state index in [2.05, 4.69) is 42.6 Å². The number of thioether (sulfide) groups is 1. The van der Waals surface area contributed by atoms with E-state index in [-0.39, 0.29) is 5.41 Å². The van der Waals surface area contributed by atoms with Crippen LogP contribution in [0.4, 0.5) is 0 Å². The van der Waals surface area contributed by atoms with Crippen molar-refractivity contribution in [2.24, 2.45) is 5.41 Å². The van der Waals surface area contributed by atoms with Gasteiger partial charge >= 0.3 is 0 Å². The van der Waals surface area contributed by atoms with Gasteiger partial charge in [-0.3, -0.25) is 0 Å². The van der Waals surface area contributed by atoms with Crippen LogP contribution < -0.4 is 5.32 Å². The van der Waals surface area contributed by atoms with Crippen molar-refractivity contribution in [2.45, 2.75) is 38.6 Å². The Bertz CT molecular complexity index is 390. The topological polar surface area (TPSA) is 35.8 Å². The number of nitrogens with zero attached hydrogens (tertiary/aromatic N) is 1. The molecule has 0 aliphatic heterocycles. The normalized spacial score (nSPS) is 11.2. The predicted octanol–water partition coefficient (Wildman–Crippen LogP) is 3.83. The molecule has 0 aromatic heterocycles. The SMILES string of the molecule is CCNCc1ccc(SCCC(C)(C)C#N)cc1. The molecule has 0 heterocycles. The largest absolute Gasteiger partial charge is 0.313 e. The second-order valence-corrected chi connectivity index (χ2v) is 6.19. The first-order valence-electron chi connectivity index (χ1n) is 6.41. The number of nitrogens with one attached hydrogen (secondary N) is 1. The number of hydrogen-bond acceptors (Lipinski definition) is 3. The van der Waals surface area contributed by atoms with E-state index in [4.69, 9.17) is 5.26 Å². The zero-order valence-electron chi connectivity index (χ0n) is 11.5. The number of rotatable bonds is 7. The standard InChI is InChI=1S/C15H22N2S/c1-4-17-11-13-5-7-14(8-6-13)18-10-9-15(2,3)12-16/h5-8,17H,4,9-11H2,1-3H3. The van der Waals surface area contributed by atoms with Crippen molar-refractivity contribution < 1.29 is 0 Å². The van der Waals surface area contributed by atoms with Crippen molar-refractivity contribution in [3.8, 4) is 6.07 Å². The molecule has 98 valence electrons. The Hall–Kier alpha value is -0.980. The maximum absolute atomic E-state index is 8.94. The third-order valence-corrected chi connectivity index (χ3v) is 3.81. The molecule has 0 amide bonds. The monoisotopic (exact) mass is 262 g/mol. The van der Waals surface area contributed by atoms with Gasteiger partial charge in [-0.15, -0.1) is 11.8 Å². The van der Waals surface area contributed by atoms with Crippen LogP contribution in [0, 0.1) is 16.7 Å². The highest BCUT2D eigenvalue weighted by atomic mass is 32.2. The van der Waals surface area contributed by atoms with Crippen LogP contribution in [0.5, 0.6) is 0 Å². The molecule has 2 nitrogen and oxygen atoms in total. The smallest absolute Gasteiger partial charge is 0.0684 e. The van der Waals surface area contributed by atoms with E-state index in [1.54, 1.807) is 0 Å². The Morgan fingerprint density at radius 1 is 1.28 bits per heavy atom. The summed E-state index contributed by atoms with van der Waals surface area (Å²) < 4.78 is 0. The summed E-state index contributed by atoms with van der Waals surface area (Å²) in [6.07, 6.45) is 0.924. The quantitative estimate of drug-likeness (QED) is 0.759. The summed E-state index contributed by atoms with van der Waals surface area (Å²) in [5.41, 5.74) is 1.11. The van der Waals surface area contributed by atoms with E-state index in [0.29, 0.717) is 0 Å². The average Bonchev–Trinajstić information content (AvgIpc) is 2.38. The summed E-state index contributed by atoms with van der Waals surface area (Å²) in [6, 6.07) is 11.0. The van der Waals surface area contributed by atoms with E-state index in [9.17, 15) is 0 Å². The zero-order valence-corrected chi connectivity index (χ0v) is 12.3. The molecular weight excluding hydrogens is 240 g/mol. The van der Waals surface area contributed by atoms with Crippen molar-refractivity contribution >= 4 is 11.8 Å². The van der Waals surface area contributed by atoms with Crippen molar-refractivity contribution in [3.05, 3.63) is 29.8 Å². The molecular formula is C15H22N2S. The van der Waals surface area contributed by atoms with Crippen LogP contribution in [0.2, 0.25) is 0 Å². The lowest BCUT2D eigenvalue weighted by atomic mass is 9.93. The minimum atomic E-state index is -0.210. The molecule has 3 heteroatoms. The van der Waals surface area contributed by atoms with Gasteiger partial charge in [-0.25, -0.2) is 0 Å². The van der Waals surface area contributed by atoms with Gasteiger partial charge in [-0.1, -0.05) is 19.1 Å². The summed E-state index contributed by atoms with van der Waals surface area (Å²) in [6.45, 7) is 8.03. The maximum Gasteiger partial charge on any atom is 0.0684 e. The molecule has 0 bridgehead atoms. The maximum atomic E-state index is 8.94. The molecule has 1 aromatic rings. The van der Waals surface area contributed by atoms with Crippen LogP contribution in [-0.2, 0) is 6.54 Å². The molecule has 0 fully saturated rings. The second-order valence-electron chi connectivity index (χ2n) is 5.02. The molecule has 1 rings (SSSR count). The lowest BCUT2D eigenvalue weighted by molar-refractivity contribution is 0.482. The minimum Gasteiger partial charge on any atom is -0.313 e. The van der Waals surface area contributed by atoms with Gasteiger partial charge in [-0.05, 0) is 50.3 Å². The van der Waals surface area contributed by atoms with Gasteiger partial charge in [0.05, 0.1) is 11.5 Å². The predicted molar refractivity (Wildman–Crippen MR) is 78.6 cm³/mol. The molecule has 0 aliphatic rings. The number of hydrogen-bond donors (Lipinski definition) is 1. The Labute approximate surface area is 115 Å². The fraction of sp³-hybridized carbons (Fsp3) is 0.533. The van der Waals surface area contributed by atoms with Crippen LogP contribution in [0.25, 0.3) is 0 Å². The summed E-state index contributed by atoms with van der Waals surface area (Å²) in [7, 11) is 0. The van der Waals surface area contributed by atoms with Gasteiger partial charge < -0.3 is 5.32 Å². The summed E-state index contributed by atoms with van der Waals surface area (Å²) in [5, 5.41) is 12.3. The molecule has 0 saturated carbocycles. The lowest BCUT2D eigenvalue weighted by Crippen LogP contribution is -2.11. The van der Waals surface area contributed by atoms with E-state index < -0.39 is 0 Å². The minimum absolute atomic E-state index is 0.210. The van der Waals surface area contributed by atoms with E-state index in [0.717, 1.165) is 25.3 Å². The Kier molecular flexibility index (Phi) is 6.24. The fourth-order valence-electron chi connectivity index (χ4n) is 1.45. The molecule has 0 atom stereocenters.